The lowest BCUT2D eigenvalue weighted by atomic mass is 10.0. The summed E-state index contributed by atoms with van der Waals surface area (Å²) in [5, 5.41) is 0.496. The first-order valence-electron chi connectivity index (χ1n) is 7.80. The maximum absolute atomic E-state index is 13.1. The van der Waals surface area contributed by atoms with Crippen molar-refractivity contribution in [1.29, 1.82) is 0 Å². The molecule has 0 bridgehead atoms. The number of halogens is 2. The first kappa shape index (κ1) is 18.4. The summed E-state index contributed by atoms with van der Waals surface area (Å²) >= 11 is 9.62. The number of allylic oxidation sites excluding steroid dienone is 1. The predicted octanol–water partition coefficient (Wildman–Crippen LogP) is 4.98. The van der Waals surface area contributed by atoms with Gasteiger partial charge in [-0.2, -0.15) is 0 Å². The lowest BCUT2D eigenvalue weighted by Crippen LogP contribution is -2.24. The number of hydrogen-bond acceptors (Lipinski definition) is 3. The summed E-state index contributed by atoms with van der Waals surface area (Å²) in [6, 6.07) is 14.4. The largest absolute Gasteiger partial charge is 0.465 e. The second kappa shape index (κ2) is 7.48. The van der Waals surface area contributed by atoms with Gasteiger partial charge in [-0.05, 0) is 42.8 Å². The van der Waals surface area contributed by atoms with Gasteiger partial charge in [-0.15, -0.1) is 0 Å². The summed E-state index contributed by atoms with van der Waals surface area (Å²) in [4.78, 5) is 27.0. The van der Waals surface area contributed by atoms with E-state index in [1.165, 1.54) is 12.0 Å². The molecule has 1 heterocycles. The van der Waals surface area contributed by atoms with Crippen LogP contribution in [0.3, 0.4) is 0 Å². The highest BCUT2D eigenvalue weighted by atomic mass is 79.9. The summed E-state index contributed by atoms with van der Waals surface area (Å²) in [7, 11) is 1.29. The minimum atomic E-state index is -0.563. The molecule has 0 saturated heterocycles. The average Bonchev–Trinajstić information content (AvgIpc) is 2.86. The number of carbonyl (C=O) groups excluding carboxylic acids is 2. The molecule has 6 heteroatoms. The van der Waals surface area contributed by atoms with E-state index in [1.54, 1.807) is 37.3 Å². The quantitative estimate of drug-likeness (QED) is 0.508. The number of methoxy groups -OCH3 is 1. The molecule has 0 radical (unpaired) electrons. The molecule has 0 spiro atoms. The van der Waals surface area contributed by atoms with E-state index in [4.69, 9.17) is 16.3 Å². The molecule has 0 fully saturated rings. The van der Waals surface area contributed by atoms with Crippen LogP contribution in [0.1, 0.15) is 12.5 Å². The second-order valence-corrected chi connectivity index (χ2v) is 6.97. The van der Waals surface area contributed by atoms with E-state index in [0.717, 1.165) is 4.47 Å². The number of carbonyl (C=O) groups is 2. The number of ether oxygens (including phenoxy) is 1. The molecule has 0 unspecified atom stereocenters. The molecule has 2 aromatic rings. The van der Waals surface area contributed by atoms with Gasteiger partial charge >= 0.3 is 5.97 Å². The third-order valence-electron chi connectivity index (χ3n) is 4.06. The van der Waals surface area contributed by atoms with Gasteiger partial charge in [0.25, 0.3) is 5.91 Å². The van der Waals surface area contributed by atoms with Crippen LogP contribution in [-0.2, 0) is 14.3 Å². The lowest BCUT2D eigenvalue weighted by Gasteiger charge is -2.18. The Morgan fingerprint density at radius 1 is 1.19 bits per heavy atom. The van der Waals surface area contributed by atoms with Crippen molar-refractivity contribution in [3.63, 3.8) is 0 Å². The van der Waals surface area contributed by atoms with Gasteiger partial charge in [-0.1, -0.05) is 51.8 Å². The monoisotopic (exact) mass is 431 g/mol. The van der Waals surface area contributed by atoms with Crippen molar-refractivity contribution in [2.75, 3.05) is 12.0 Å². The predicted molar refractivity (Wildman–Crippen MR) is 106 cm³/mol. The van der Waals surface area contributed by atoms with Crippen molar-refractivity contribution in [2.24, 2.45) is 0 Å². The Bertz CT molecular complexity index is 965. The summed E-state index contributed by atoms with van der Waals surface area (Å²) in [6.07, 6.45) is 1.62. The lowest BCUT2D eigenvalue weighted by molar-refractivity contribution is -0.136. The third-order valence-corrected chi connectivity index (χ3v) is 4.90. The van der Waals surface area contributed by atoms with Crippen LogP contribution in [-0.4, -0.2) is 19.0 Å². The molecular weight excluding hydrogens is 418 g/mol. The fourth-order valence-electron chi connectivity index (χ4n) is 2.85. The van der Waals surface area contributed by atoms with Gasteiger partial charge in [-0.3, -0.25) is 9.69 Å². The van der Waals surface area contributed by atoms with E-state index in [1.807, 2.05) is 24.3 Å². The van der Waals surface area contributed by atoms with Crippen LogP contribution < -0.4 is 4.90 Å². The van der Waals surface area contributed by atoms with Crippen LogP contribution in [0.5, 0.6) is 0 Å². The molecular formula is C20H15BrClNO3. The Labute approximate surface area is 164 Å². The number of anilines is 1. The Morgan fingerprint density at radius 3 is 2.58 bits per heavy atom. The molecule has 0 N–H and O–H groups in total. The number of esters is 1. The molecule has 4 nitrogen and oxygen atoms in total. The molecule has 0 saturated carbocycles. The summed E-state index contributed by atoms with van der Waals surface area (Å²) in [5.41, 5.74) is 2.31. The van der Waals surface area contributed by atoms with Crippen molar-refractivity contribution in [3.8, 4) is 0 Å². The van der Waals surface area contributed by atoms with Crippen LogP contribution in [0, 0.1) is 0 Å². The summed E-state index contributed by atoms with van der Waals surface area (Å²) in [6.45, 7) is 1.72. The number of benzene rings is 2. The van der Waals surface area contributed by atoms with Crippen LogP contribution in [0.25, 0.3) is 6.08 Å². The maximum atomic E-state index is 13.1. The van der Waals surface area contributed by atoms with Gasteiger partial charge in [0.15, 0.2) is 0 Å². The molecule has 0 aliphatic carbocycles. The summed E-state index contributed by atoms with van der Waals surface area (Å²) < 4.78 is 5.73. The Hall–Kier alpha value is -2.37. The first-order valence-corrected chi connectivity index (χ1v) is 8.97. The maximum Gasteiger partial charge on any atom is 0.340 e. The first-order chi connectivity index (χ1) is 12.4. The highest BCUT2D eigenvalue weighted by Crippen LogP contribution is 2.36. The molecule has 1 aliphatic rings. The molecule has 2 aromatic carbocycles. The third kappa shape index (κ3) is 3.32. The van der Waals surface area contributed by atoms with Gasteiger partial charge in [0.2, 0.25) is 0 Å². The minimum Gasteiger partial charge on any atom is -0.465 e. The molecule has 26 heavy (non-hydrogen) atoms. The van der Waals surface area contributed by atoms with E-state index in [2.05, 4.69) is 15.9 Å². The van der Waals surface area contributed by atoms with Gasteiger partial charge in [0, 0.05) is 15.2 Å². The molecule has 132 valence electrons. The smallest absolute Gasteiger partial charge is 0.340 e. The highest BCUT2D eigenvalue weighted by molar-refractivity contribution is 9.10. The second-order valence-electron chi connectivity index (χ2n) is 5.65. The molecule has 1 amide bonds. The van der Waals surface area contributed by atoms with Crippen molar-refractivity contribution < 1.29 is 14.3 Å². The number of nitrogens with zero attached hydrogens (tertiary/aromatic N) is 1. The molecule has 0 atom stereocenters. The fourth-order valence-corrected chi connectivity index (χ4v) is 3.43. The van der Waals surface area contributed by atoms with Crippen LogP contribution >= 0.6 is 27.5 Å². The number of rotatable bonds is 3. The molecule has 0 aromatic heterocycles. The van der Waals surface area contributed by atoms with Gasteiger partial charge < -0.3 is 4.74 Å². The Balaban J connectivity index is 2.17. The van der Waals surface area contributed by atoms with Gasteiger partial charge in [0.1, 0.15) is 0 Å². The minimum absolute atomic E-state index is 0.234. The zero-order valence-corrected chi connectivity index (χ0v) is 16.5. The SMILES string of the molecule is COC(=O)C1=C(C)N(c2cccc(Br)c2)C(=O)/C1=C\c1ccccc1Cl. The van der Waals surface area contributed by atoms with E-state index in [0.29, 0.717) is 22.0 Å². The fraction of sp³-hybridized carbons (Fsp3) is 0.100. The van der Waals surface area contributed by atoms with E-state index in [-0.39, 0.29) is 17.1 Å². The van der Waals surface area contributed by atoms with Crippen LogP contribution in [0.4, 0.5) is 5.69 Å². The molecule has 1 aliphatic heterocycles. The van der Waals surface area contributed by atoms with Crippen LogP contribution in [0.15, 0.2) is 69.8 Å². The normalized spacial score (nSPS) is 15.8. The summed E-state index contributed by atoms with van der Waals surface area (Å²) in [5.74, 6) is -0.868. The highest BCUT2D eigenvalue weighted by Gasteiger charge is 2.38. The van der Waals surface area contributed by atoms with Gasteiger partial charge in [0.05, 0.1) is 23.9 Å². The van der Waals surface area contributed by atoms with E-state index < -0.39 is 5.97 Å². The Morgan fingerprint density at radius 2 is 1.92 bits per heavy atom. The molecule has 3 rings (SSSR count). The number of amides is 1. The van der Waals surface area contributed by atoms with Crippen molar-refractivity contribution in [2.45, 2.75) is 6.92 Å². The average molecular weight is 433 g/mol. The number of hydrogen-bond donors (Lipinski definition) is 0. The standard InChI is InChI=1S/C20H15BrClNO3/c1-12-18(20(25)26-2)16(10-13-6-3-4-9-17(13)22)19(24)23(12)15-8-5-7-14(21)11-15/h3-11H,1-2H3/b16-10-. The Kier molecular flexibility index (Phi) is 5.30. The van der Waals surface area contributed by atoms with Crippen molar-refractivity contribution in [3.05, 3.63) is 80.4 Å². The van der Waals surface area contributed by atoms with E-state index >= 15 is 0 Å². The zero-order chi connectivity index (χ0) is 18.8. The van der Waals surface area contributed by atoms with Gasteiger partial charge in [-0.25, -0.2) is 4.79 Å². The topological polar surface area (TPSA) is 46.6 Å². The van der Waals surface area contributed by atoms with Crippen molar-refractivity contribution in [1.82, 2.24) is 0 Å². The van der Waals surface area contributed by atoms with Crippen molar-refractivity contribution >= 4 is 51.2 Å². The van der Waals surface area contributed by atoms with Crippen LogP contribution in [0.2, 0.25) is 5.02 Å². The zero-order valence-electron chi connectivity index (χ0n) is 14.1. The van der Waals surface area contributed by atoms with E-state index in [9.17, 15) is 9.59 Å².